The Kier molecular flexibility index (Phi) is 5.62. The number of aromatic carboxylic acids is 1. The molecule has 0 spiro atoms. The highest BCUT2D eigenvalue weighted by molar-refractivity contribution is 7.90. The van der Waals surface area contributed by atoms with Crippen molar-refractivity contribution in [2.75, 3.05) is 6.26 Å². The van der Waals surface area contributed by atoms with Gasteiger partial charge in [-0.05, 0) is 48.5 Å². The average Bonchev–Trinajstić information content (AvgIpc) is 3.02. The van der Waals surface area contributed by atoms with Crippen molar-refractivity contribution < 1.29 is 31.3 Å². The van der Waals surface area contributed by atoms with Crippen LogP contribution in [-0.4, -0.2) is 48.5 Å². The first-order valence-corrected chi connectivity index (χ1v) is 11.6. The lowest BCUT2D eigenvalue weighted by Crippen LogP contribution is -2.09. The molecular weight excluding hydrogens is 452 g/mol. The van der Waals surface area contributed by atoms with Crippen LogP contribution in [0.4, 0.5) is 11.4 Å². The second-order valence-corrected chi connectivity index (χ2v) is 9.65. The molecule has 0 aliphatic rings. The lowest BCUT2D eigenvalue weighted by molar-refractivity contribution is 0.0687. The summed E-state index contributed by atoms with van der Waals surface area (Å²) in [5, 5.41) is 19.3. The lowest BCUT2D eigenvalue weighted by atomic mass is 10.3. The molecule has 0 saturated carbocycles. The zero-order valence-corrected chi connectivity index (χ0v) is 17.3. The molecule has 31 heavy (non-hydrogen) atoms. The number of nitrogens with one attached hydrogen (secondary N) is 1. The van der Waals surface area contributed by atoms with Crippen LogP contribution in [0, 0.1) is 0 Å². The summed E-state index contributed by atoms with van der Waals surface area (Å²) in [4.78, 5) is 23.6. The number of carbonyl (C=O) groups is 1. The Balaban J connectivity index is 2.03. The minimum atomic E-state index is -4.45. The van der Waals surface area contributed by atoms with E-state index in [1.807, 2.05) is 0 Å². The summed E-state index contributed by atoms with van der Waals surface area (Å²) >= 11 is 0. The molecule has 1 heterocycles. The fourth-order valence-electron chi connectivity index (χ4n) is 2.54. The molecule has 2 aromatic carbocycles. The number of H-pyrrole nitrogens is 1. The Labute approximate surface area is 175 Å². The van der Waals surface area contributed by atoms with Crippen molar-refractivity contribution in [2.45, 2.75) is 9.79 Å². The molecule has 12 nitrogen and oxygen atoms in total. The maximum atomic E-state index is 12.3. The second-order valence-electron chi connectivity index (χ2n) is 6.21. The van der Waals surface area contributed by atoms with Crippen LogP contribution in [0.15, 0.2) is 73.3 Å². The van der Waals surface area contributed by atoms with Crippen molar-refractivity contribution in [1.82, 2.24) is 9.78 Å². The van der Waals surface area contributed by atoms with Crippen molar-refractivity contribution in [3.63, 3.8) is 0 Å². The van der Waals surface area contributed by atoms with E-state index in [9.17, 15) is 31.5 Å². The third-order valence-electron chi connectivity index (χ3n) is 4.00. The van der Waals surface area contributed by atoms with Crippen molar-refractivity contribution in [2.24, 2.45) is 10.2 Å². The molecule has 0 unspecified atom stereocenters. The molecule has 0 saturated heterocycles. The van der Waals surface area contributed by atoms with Gasteiger partial charge in [0, 0.05) is 6.26 Å². The molecule has 162 valence electrons. The molecule has 3 N–H and O–H groups in total. The standard InChI is InChI=1S/C17H14N4O8S2/c1-30(25,26)12-6-2-10(3-7-12)18-19-14-15(17(23)24)21(20-16(14)22)11-4-8-13(9-5-11)31(27,28)29/h2-9H,1H3,(H,20,22)(H,23,24)(H,27,28,29). The summed E-state index contributed by atoms with van der Waals surface area (Å²) < 4.78 is 55.2. The van der Waals surface area contributed by atoms with Gasteiger partial charge in [0.2, 0.25) is 0 Å². The highest BCUT2D eigenvalue weighted by Gasteiger charge is 2.23. The molecule has 0 atom stereocenters. The molecule has 0 bridgehead atoms. The lowest BCUT2D eigenvalue weighted by Gasteiger charge is -2.06. The quantitative estimate of drug-likeness (QED) is 0.363. The summed E-state index contributed by atoms with van der Waals surface area (Å²) in [6.07, 6.45) is 1.04. The Morgan fingerprint density at radius 2 is 1.48 bits per heavy atom. The van der Waals surface area contributed by atoms with Gasteiger partial charge in [-0.25, -0.2) is 17.9 Å². The van der Waals surface area contributed by atoms with E-state index in [2.05, 4.69) is 15.3 Å². The van der Waals surface area contributed by atoms with Gasteiger partial charge < -0.3 is 5.11 Å². The predicted molar refractivity (Wildman–Crippen MR) is 107 cm³/mol. The smallest absolute Gasteiger partial charge is 0.357 e. The van der Waals surface area contributed by atoms with Crippen LogP contribution in [0.3, 0.4) is 0 Å². The monoisotopic (exact) mass is 466 g/mol. The van der Waals surface area contributed by atoms with E-state index >= 15 is 0 Å². The van der Waals surface area contributed by atoms with Gasteiger partial charge >= 0.3 is 5.97 Å². The van der Waals surface area contributed by atoms with Crippen LogP contribution in [0.25, 0.3) is 5.69 Å². The summed E-state index contributed by atoms with van der Waals surface area (Å²) in [6, 6.07) is 9.64. The van der Waals surface area contributed by atoms with Gasteiger partial charge in [-0.3, -0.25) is 14.4 Å². The third kappa shape index (κ3) is 4.76. The van der Waals surface area contributed by atoms with Crippen LogP contribution >= 0.6 is 0 Å². The molecule has 0 radical (unpaired) electrons. The third-order valence-corrected chi connectivity index (χ3v) is 6.00. The SMILES string of the molecule is CS(=O)(=O)c1ccc(N=Nc2c(C(=O)O)n(-c3ccc(S(=O)(=O)O)cc3)[nH]c2=O)cc1. The first-order chi connectivity index (χ1) is 14.4. The van der Waals surface area contributed by atoms with Gasteiger partial charge in [-0.1, -0.05) is 0 Å². The van der Waals surface area contributed by atoms with Crippen molar-refractivity contribution >= 4 is 37.3 Å². The Morgan fingerprint density at radius 1 is 0.935 bits per heavy atom. The molecule has 1 aromatic heterocycles. The zero-order chi connectivity index (χ0) is 23.0. The molecule has 0 aliphatic carbocycles. The highest BCUT2D eigenvalue weighted by atomic mass is 32.2. The van der Waals surface area contributed by atoms with E-state index in [0.717, 1.165) is 23.1 Å². The summed E-state index contributed by atoms with van der Waals surface area (Å²) in [5.41, 5.74) is -1.72. The number of nitrogens with zero attached hydrogens (tertiary/aromatic N) is 3. The van der Waals surface area contributed by atoms with Crippen molar-refractivity contribution in [3.8, 4) is 5.69 Å². The number of benzene rings is 2. The second kappa shape index (κ2) is 7.90. The molecule has 0 aliphatic heterocycles. The molecule has 0 amide bonds. The van der Waals surface area contributed by atoms with Gasteiger partial charge in [0.25, 0.3) is 15.7 Å². The van der Waals surface area contributed by atoms with E-state index in [0.29, 0.717) is 0 Å². The number of hydrogen-bond donors (Lipinski definition) is 3. The van der Waals surface area contributed by atoms with Gasteiger partial charge in [-0.15, -0.1) is 5.11 Å². The number of azo groups is 1. The normalized spacial score (nSPS) is 12.3. The summed E-state index contributed by atoms with van der Waals surface area (Å²) in [5.74, 6) is -1.52. The van der Waals surface area contributed by atoms with Crippen LogP contribution in [0.2, 0.25) is 0 Å². The van der Waals surface area contributed by atoms with Gasteiger partial charge in [-0.2, -0.15) is 13.5 Å². The Hall–Kier alpha value is -3.62. The van der Waals surface area contributed by atoms with Crippen LogP contribution in [0.1, 0.15) is 10.5 Å². The topological polar surface area (TPSA) is 188 Å². The van der Waals surface area contributed by atoms with Crippen LogP contribution in [0.5, 0.6) is 0 Å². The van der Waals surface area contributed by atoms with E-state index in [-0.39, 0.29) is 16.3 Å². The van der Waals surface area contributed by atoms with E-state index in [1.165, 1.54) is 36.4 Å². The molecule has 3 rings (SSSR count). The fraction of sp³-hybridized carbons (Fsp3) is 0.0588. The first-order valence-electron chi connectivity index (χ1n) is 8.26. The molecular formula is C17H14N4O8S2. The summed E-state index contributed by atoms with van der Waals surface area (Å²) in [6.45, 7) is 0. The number of hydrogen-bond acceptors (Lipinski definition) is 8. The first kappa shape index (κ1) is 22.1. The number of rotatable bonds is 6. The number of carboxylic acid groups (broad SMARTS) is 1. The number of carboxylic acids is 1. The Morgan fingerprint density at radius 3 is 1.97 bits per heavy atom. The number of sulfone groups is 1. The number of aromatic nitrogens is 2. The fourth-order valence-corrected chi connectivity index (χ4v) is 3.65. The molecule has 0 fully saturated rings. The predicted octanol–water partition coefficient (Wildman–Crippen LogP) is 1.93. The maximum absolute atomic E-state index is 12.3. The highest BCUT2D eigenvalue weighted by Crippen LogP contribution is 2.23. The minimum absolute atomic E-state index is 0.0509. The van der Waals surface area contributed by atoms with E-state index in [1.54, 1.807) is 0 Å². The van der Waals surface area contributed by atoms with E-state index < -0.39 is 47.8 Å². The van der Waals surface area contributed by atoms with E-state index in [4.69, 9.17) is 4.55 Å². The Bertz CT molecular complexity index is 1450. The maximum Gasteiger partial charge on any atom is 0.357 e. The molecule has 14 heteroatoms. The summed E-state index contributed by atoms with van der Waals surface area (Å²) in [7, 11) is -7.86. The van der Waals surface area contributed by atoms with Gasteiger partial charge in [0.15, 0.2) is 21.2 Å². The zero-order valence-electron chi connectivity index (χ0n) is 15.6. The average molecular weight is 466 g/mol. The van der Waals surface area contributed by atoms with Crippen LogP contribution in [-0.2, 0) is 20.0 Å². The number of aromatic amines is 1. The minimum Gasteiger partial charge on any atom is -0.476 e. The van der Waals surface area contributed by atoms with Gasteiger partial charge in [0.1, 0.15) is 0 Å². The van der Waals surface area contributed by atoms with Crippen molar-refractivity contribution in [3.05, 3.63) is 64.6 Å². The van der Waals surface area contributed by atoms with Gasteiger partial charge in [0.05, 0.1) is 21.2 Å². The van der Waals surface area contributed by atoms with Crippen molar-refractivity contribution in [1.29, 1.82) is 0 Å². The van der Waals surface area contributed by atoms with Crippen LogP contribution < -0.4 is 5.56 Å². The molecule has 3 aromatic rings. The largest absolute Gasteiger partial charge is 0.476 e.